The number of aliphatic hydroxyl groups is 1. The minimum Gasteiger partial charge on any atom is -0.395 e. The van der Waals surface area contributed by atoms with Gasteiger partial charge in [-0.2, -0.15) is 5.10 Å². The van der Waals surface area contributed by atoms with E-state index in [1.54, 1.807) is 16.8 Å². The molecular formula is C23H33FN4O3. The van der Waals surface area contributed by atoms with Gasteiger partial charge in [-0.15, -0.1) is 0 Å². The van der Waals surface area contributed by atoms with Gasteiger partial charge in [0.15, 0.2) is 5.69 Å². The SMILES string of the molecule is CC(C)(C)C(NC(=O)c1nn(CC2CCCCC2)c2c(F)cccc12)C(=O)NCCO. The van der Waals surface area contributed by atoms with Crippen molar-refractivity contribution >= 4 is 22.7 Å². The fourth-order valence-electron chi connectivity index (χ4n) is 4.26. The van der Waals surface area contributed by atoms with Gasteiger partial charge in [-0.05, 0) is 30.2 Å². The first-order valence-corrected chi connectivity index (χ1v) is 11.1. The maximum absolute atomic E-state index is 14.7. The summed E-state index contributed by atoms with van der Waals surface area (Å²) in [6.07, 6.45) is 5.71. The Morgan fingerprint density at radius 1 is 1.26 bits per heavy atom. The van der Waals surface area contributed by atoms with E-state index < -0.39 is 23.2 Å². The van der Waals surface area contributed by atoms with Crippen LogP contribution in [0.1, 0.15) is 63.4 Å². The van der Waals surface area contributed by atoms with E-state index >= 15 is 0 Å². The number of benzene rings is 1. The van der Waals surface area contributed by atoms with E-state index in [0.717, 1.165) is 25.7 Å². The molecule has 1 unspecified atom stereocenters. The van der Waals surface area contributed by atoms with E-state index in [-0.39, 0.29) is 24.8 Å². The van der Waals surface area contributed by atoms with Gasteiger partial charge in [0.1, 0.15) is 17.4 Å². The lowest BCUT2D eigenvalue weighted by atomic mass is 9.86. The van der Waals surface area contributed by atoms with Crippen molar-refractivity contribution in [2.24, 2.45) is 11.3 Å². The highest BCUT2D eigenvalue weighted by atomic mass is 19.1. The molecular weight excluding hydrogens is 399 g/mol. The van der Waals surface area contributed by atoms with Crippen LogP contribution in [0.2, 0.25) is 0 Å². The lowest BCUT2D eigenvalue weighted by molar-refractivity contribution is -0.125. The number of carbonyl (C=O) groups excluding carboxylic acids is 2. The lowest BCUT2D eigenvalue weighted by Crippen LogP contribution is -2.54. The summed E-state index contributed by atoms with van der Waals surface area (Å²) in [5.74, 6) is -0.893. The number of halogens is 1. The zero-order valence-electron chi connectivity index (χ0n) is 18.6. The highest BCUT2D eigenvalue weighted by Crippen LogP contribution is 2.29. The van der Waals surface area contributed by atoms with Crippen LogP contribution in [0.25, 0.3) is 10.9 Å². The number of hydrogen-bond donors (Lipinski definition) is 3. The summed E-state index contributed by atoms with van der Waals surface area (Å²) in [6, 6.07) is 3.80. The zero-order chi connectivity index (χ0) is 22.6. The quantitative estimate of drug-likeness (QED) is 0.627. The first kappa shape index (κ1) is 23.2. The Morgan fingerprint density at radius 3 is 2.61 bits per heavy atom. The predicted molar refractivity (Wildman–Crippen MR) is 117 cm³/mol. The number of aliphatic hydroxyl groups excluding tert-OH is 1. The summed E-state index contributed by atoms with van der Waals surface area (Å²) in [5.41, 5.74) is -0.120. The minimum atomic E-state index is -0.835. The van der Waals surface area contributed by atoms with Crippen LogP contribution in [0.5, 0.6) is 0 Å². The molecule has 8 heteroatoms. The number of nitrogens with one attached hydrogen (secondary N) is 2. The van der Waals surface area contributed by atoms with Crippen molar-refractivity contribution in [2.45, 2.75) is 65.5 Å². The first-order valence-electron chi connectivity index (χ1n) is 11.1. The number of hydrogen-bond acceptors (Lipinski definition) is 4. The summed E-state index contributed by atoms with van der Waals surface area (Å²) in [6.45, 7) is 6.02. The third-order valence-corrected chi connectivity index (χ3v) is 5.91. The monoisotopic (exact) mass is 432 g/mol. The molecule has 1 aliphatic carbocycles. The molecule has 1 saturated carbocycles. The molecule has 0 saturated heterocycles. The number of amides is 2. The van der Waals surface area contributed by atoms with Crippen molar-refractivity contribution in [2.75, 3.05) is 13.2 Å². The topological polar surface area (TPSA) is 96.2 Å². The van der Waals surface area contributed by atoms with Gasteiger partial charge in [-0.1, -0.05) is 52.2 Å². The van der Waals surface area contributed by atoms with E-state index in [9.17, 15) is 14.0 Å². The Labute approximate surface area is 182 Å². The molecule has 1 fully saturated rings. The Kier molecular flexibility index (Phi) is 7.30. The summed E-state index contributed by atoms with van der Waals surface area (Å²) in [5, 5.41) is 19.3. The predicted octanol–water partition coefficient (Wildman–Crippen LogP) is 3.01. The second kappa shape index (κ2) is 9.77. The fraction of sp³-hybridized carbons (Fsp3) is 0.609. The van der Waals surface area contributed by atoms with Crippen LogP contribution in [0, 0.1) is 17.2 Å². The van der Waals surface area contributed by atoms with Crippen LogP contribution in [0.3, 0.4) is 0 Å². The fourth-order valence-corrected chi connectivity index (χ4v) is 4.26. The van der Waals surface area contributed by atoms with Crippen LogP contribution in [0.4, 0.5) is 4.39 Å². The third kappa shape index (κ3) is 5.42. The molecule has 1 aromatic heterocycles. The van der Waals surface area contributed by atoms with Gasteiger partial charge in [-0.25, -0.2) is 4.39 Å². The zero-order valence-corrected chi connectivity index (χ0v) is 18.6. The summed E-state index contributed by atoms with van der Waals surface area (Å²) >= 11 is 0. The van der Waals surface area contributed by atoms with Crippen LogP contribution in [-0.2, 0) is 11.3 Å². The largest absolute Gasteiger partial charge is 0.395 e. The highest BCUT2D eigenvalue weighted by Gasteiger charge is 2.34. The van der Waals surface area contributed by atoms with E-state index in [4.69, 9.17) is 5.11 Å². The Morgan fingerprint density at radius 2 is 1.97 bits per heavy atom. The number of aromatic nitrogens is 2. The van der Waals surface area contributed by atoms with Gasteiger partial charge < -0.3 is 15.7 Å². The van der Waals surface area contributed by atoms with Crippen LogP contribution in [-0.4, -0.2) is 45.9 Å². The van der Waals surface area contributed by atoms with Gasteiger partial charge in [0, 0.05) is 18.5 Å². The number of para-hydroxylation sites is 1. The van der Waals surface area contributed by atoms with E-state index in [0.29, 0.717) is 23.4 Å². The number of rotatable bonds is 7. The molecule has 0 bridgehead atoms. The van der Waals surface area contributed by atoms with Gasteiger partial charge in [0.25, 0.3) is 5.91 Å². The van der Waals surface area contributed by atoms with Crippen molar-refractivity contribution in [3.63, 3.8) is 0 Å². The second-order valence-corrected chi connectivity index (χ2v) is 9.46. The summed E-state index contributed by atoms with van der Waals surface area (Å²) < 4.78 is 16.3. The van der Waals surface area contributed by atoms with Crippen LogP contribution >= 0.6 is 0 Å². The van der Waals surface area contributed by atoms with Crippen molar-refractivity contribution in [1.29, 1.82) is 0 Å². The van der Waals surface area contributed by atoms with Crippen molar-refractivity contribution in [3.05, 3.63) is 29.7 Å². The molecule has 3 N–H and O–H groups in total. The average molecular weight is 433 g/mol. The van der Waals surface area contributed by atoms with Gasteiger partial charge in [-0.3, -0.25) is 14.3 Å². The maximum atomic E-state index is 14.7. The molecule has 1 aromatic carbocycles. The van der Waals surface area contributed by atoms with Crippen LogP contribution in [0.15, 0.2) is 18.2 Å². The number of carbonyl (C=O) groups is 2. The molecule has 170 valence electrons. The van der Waals surface area contributed by atoms with Gasteiger partial charge in [0.2, 0.25) is 5.91 Å². The standard InChI is InChI=1S/C23H33FN4O3/c1-23(2,3)20(22(31)25-12-13-29)26-21(30)18-16-10-7-11-17(24)19(16)28(27-18)14-15-8-5-4-6-9-15/h7,10-11,15,20,29H,4-6,8-9,12-14H2,1-3H3,(H,25,31)(H,26,30). The number of nitrogens with zero attached hydrogens (tertiary/aromatic N) is 2. The molecule has 0 spiro atoms. The minimum absolute atomic E-state index is 0.103. The molecule has 1 aliphatic rings. The molecule has 1 heterocycles. The normalized spacial score (nSPS) is 16.3. The Balaban J connectivity index is 1.90. The molecule has 31 heavy (non-hydrogen) atoms. The first-order chi connectivity index (χ1) is 14.7. The van der Waals surface area contributed by atoms with E-state index in [1.165, 1.54) is 12.5 Å². The third-order valence-electron chi connectivity index (χ3n) is 5.91. The van der Waals surface area contributed by atoms with Crippen molar-refractivity contribution < 1.29 is 19.1 Å². The van der Waals surface area contributed by atoms with Gasteiger partial charge >= 0.3 is 0 Å². The average Bonchev–Trinajstić information content (AvgIpc) is 3.09. The maximum Gasteiger partial charge on any atom is 0.273 e. The van der Waals surface area contributed by atoms with E-state index in [1.807, 2.05) is 20.8 Å². The van der Waals surface area contributed by atoms with Crippen molar-refractivity contribution in [1.82, 2.24) is 20.4 Å². The Bertz CT molecular complexity index is 929. The molecule has 2 amide bonds. The number of fused-ring (bicyclic) bond motifs is 1. The molecule has 0 aliphatic heterocycles. The highest BCUT2D eigenvalue weighted by molar-refractivity contribution is 6.06. The molecule has 7 nitrogen and oxygen atoms in total. The molecule has 2 aromatic rings. The molecule has 0 radical (unpaired) electrons. The second-order valence-electron chi connectivity index (χ2n) is 9.46. The van der Waals surface area contributed by atoms with Gasteiger partial charge in [0.05, 0.1) is 6.61 Å². The van der Waals surface area contributed by atoms with Crippen LogP contribution < -0.4 is 10.6 Å². The van der Waals surface area contributed by atoms with Crippen molar-refractivity contribution in [3.8, 4) is 0 Å². The Hall–Kier alpha value is -2.48. The van der Waals surface area contributed by atoms with E-state index in [2.05, 4.69) is 15.7 Å². The smallest absolute Gasteiger partial charge is 0.273 e. The lowest BCUT2D eigenvalue weighted by Gasteiger charge is -2.30. The summed E-state index contributed by atoms with van der Waals surface area (Å²) in [7, 11) is 0. The molecule has 1 atom stereocenters. The molecule has 3 rings (SSSR count). The summed E-state index contributed by atoms with van der Waals surface area (Å²) in [4.78, 5) is 25.8.